The van der Waals surface area contributed by atoms with Gasteiger partial charge in [0.1, 0.15) is 11.3 Å². The van der Waals surface area contributed by atoms with Crippen LogP contribution in [0.3, 0.4) is 0 Å². The summed E-state index contributed by atoms with van der Waals surface area (Å²) in [5.74, 6) is -0.545. The number of hydrogen-bond acceptors (Lipinski definition) is 5. The van der Waals surface area contributed by atoms with Crippen LogP contribution in [0.15, 0.2) is 18.2 Å². The van der Waals surface area contributed by atoms with Crippen molar-refractivity contribution in [2.24, 2.45) is 12.8 Å². The van der Waals surface area contributed by atoms with Crippen LogP contribution in [0, 0.1) is 13.8 Å². The van der Waals surface area contributed by atoms with Crippen molar-refractivity contribution in [1.82, 2.24) is 19.9 Å². The van der Waals surface area contributed by atoms with Gasteiger partial charge in [-0.3, -0.25) is 9.59 Å². The predicted octanol–water partition coefficient (Wildman–Crippen LogP) is 1.55. The molecule has 140 valence electrons. The lowest BCUT2D eigenvalue weighted by atomic mass is 10.1. The number of carboxylic acid groups (broad SMARTS) is 1. The average Bonchev–Trinajstić information content (AvgIpc) is 2.82. The molecule has 0 unspecified atom stereocenters. The highest BCUT2D eigenvalue weighted by molar-refractivity contribution is 6.11. The fourth-order valence-corrected chi connectivity index (χ4v) is 2.52. The highest BCUT2D eigenvalue weighted by Crippen LogP contribution is 2.27. The van der Waals surface area contributed by atoms with Crippen molar-refractivity contribution < 1.29 is 14.7 Å². The van der Waals surface area contributed by atoms with Crippen molar-refractivity contribution >= 4 is 46.2 Å². The molecular weight excluding hydrogens is 358 g/mol. The number of aryl methyl sites for hydroxylation is 3. The molecule has 0 bridgehead atoms. The molecule has 8 nitrogen and oxygen atoms in total. The van der Waals surface area contributed by atoms with E-state index < -0.39 is 11.9 Å². The van der Waals surface area contributed by atoms with E-state index in [1.54, 1.807) is 7.05 Å². The first-order chi connectivity index (χ1) is 11.8. The summed E-state index contributed by atoms with van der Waals surface area (Å²) in [5, 5.41) is 11.3. The molecule has 2 heterocycles. The minimum atomic E-state index is -0.822. The Morgan fingerprint density at radius 2 is 1.92 bits per heavy atom. The molecule has 1 amide bonds. The number of likely N-dealkylation sites (N-methyl/N-ethyl adjacent to an activating group) is 1. The van der Waals surface area contributed by atoms with Gasteiger partial charge in [0.2, 0.25) is 0 Å². The highest BCUT2D eigenvalue weighted by atomic mass is 35.5. The Labute approximate surface area is 156 Å². The molecule has 4 N–H and O–H groups in total. The number of amides is 1. The van der Waals surface area contributed by atoms with E-state index in [4.69, 9.17) is 10.8 Å². The number of nitrogens with two attached hydrogens (primary N) is 1. The van der Waals surface area contributed by atoms with E-state index in [-0.39, 0.29) is 24.6 Å². The second kappa shape index (κ2) is 8.59. The SMILES string of the molecule is CNCC(=O)O.Cc1ccc2nc(C(N)=O)c3nc(C)n(C)c3c2c1.Cl. The Hall–Kier alpha value is -2.71. The maximum atomic E-state index is 11.6. The van der Waals surface area contributed by atoms with E-state index in [1.807, 2.05) is 37.6 Å². The van der Waals surface area contributed by atoms with E-state index in [2.05, 4.69) is 21.4 Å². The quantitative estimate of drug-likeness (QED) is 0.634. The number of carbonyl (C=O) groups is 2. The van der Waals surface area contributed by atoms with Crippen LogP contribution in [0.25, 0.3) is 21.9 Å². The van der Waals surface area contributed by atoms with Crippen LogP contribution in [0.4, 0.5) is 0 Å². The predicted molar refractivity (Wildman–Crippen MR) is 103 cm³/mol. The fourth-order valence-electron chi connectivity index (χ4n) is 2.52. The third kappa shape index (κ3) is 4.27. The molecule has 0 spiro atoms. The van der Waals surface area contributed by atoms with Gasteiger partial charge in [0.15, 0.2) is 5.69 Å². The summed E-state index contributed by atoms with van der Waals surface area (Å²) in [6, 6.07) is 5.92. The number of imidazole rings is 1. The number of nitrogens with zero attached hydrogens (tertiary/aromatic N) is 3. The van der Waals surface area contributed by atoms with Gasteiger partial charge in [-0.25, -0.2) is 9.97 Å². The summed E-state index contributed by atoms with van der Waals surface area (Å²) in [6.07, 6.45) is 0. The van der Waals surface area contributed by atoms with Gasteiger partial charge < -0.3 is 20.7 Å². The summed E-state index contributed by atoms with van der Waals surface area (Å²) in [7, 11) is 3.52. The number of pyridine rings is 1. The van der Waals surface area contributed by atoms with Gasteiger partial charge in [-0.05, 0) is 33.0 Å². The number of nitrogens with one attached hydrogen (secondary N) is 1. The first-order valence-electron chi connectivity index (χ1n) is 7.65. The third-order valence-corrected chi connectivity index (χ3v) is 3.74. The van der Waals surface area contributed by atoms with E-state index >= 15 is 0 Å². The molecule has 3 aromatic rings. The number of aromatic nitrogens is 3. The molecule has 0 aliphatic carbocycles. The zero-order chi connectivity index (χ0) is 18.7. The first kappa shape index (κ1) is 21.3. The standard InChI is InChI=1S/C14H14N4O.C3H7NO2.ClH/c1-7-4-5-10-9(6-7)13-11(12(17-10)14(15)19)16-8(2)18(13)3;1-4-2-3(5)6;/h4-6H,1-3H3,(H2,15,19);4H,2H2,1H3,(H,5,6);1H. The lowest BCUT2D eigenvalue weighted by molar-refractivity contribution is -0.135. The molecular formula is C17H22ClN5O3. The molecule has 0 fully saturated rings. The molecule has 0 saturated heterocycles. The van der Waals surface area contributed by atoms with Gasteiger partial charge in [0.05, 0.1) is 17.6 Å². The van der Waals surface area contributed by atoms with Crippen LogP contribution in [0.5, 0.6) is 0 Å². The first-order valence-corrected chi connectivity index (χ1v) is 7.65. The van der Waals surface area contributed by atoms with Crippen molar-refractivity contribution in [2.75, 3.05) is 13.6 Å². The highest BCUT2D eigenvalue weighted by Gasteiger charge is 2.17. The van der Waals surface area contributed by atoms with Crippen molar-refractivity contribution in [3.8, 4) is 0 Å². The Kier molecular flexibility index (Phi) is 7.05. The lowest BCUT2D eigenvalue weighted by Gasteiger charge is -2.05. The fraction of sp³-hybridized carbons (Fsp3) is 0.294. The number of aliphatic carboxylic acids is 1. The molecule has 3 rings (SSSR count). The molecule has 26 heavy (non-hydrogen) atoms. The second-order valence-corrected chi connectivity index (χ2v) is 5.68. The van der Waals surface area contributed by atoms with Gasteiger partial charge in [0.25, 0.3) is 5.91 Å². The van der Waals surface area contributed by atoms with Crippen LogP contribution in [-0.4, -0.2) is 45.1 Å². The Balaban J connectivity index is 0.000000422. The van der Waals surface area contributed by atoms with Gasteiger partial charge in [0, 0.05) is 12.4 Å². The van der Waals surface area contributed by atoms with E-state index in [0.29, 0.717) is 5.52 Å². The lowest BCUT2D eigenvalue weighted by Crippen LogP contribution is -2.16. The maximum Gasteiger partial charge on any atom is 0.317 e. The molecule has 0 saturated carbocycles. The largest absolute Gasteiger partial charge is 0.480 e. The zero-order valence-corrected chi connectivity index (χ0v) is 15.8. The van der Waals surface area contributed by atoms with E-state index in [1.165, 1.54) is 0 Å². The monoisotopic (exact) mass is 379 g/mol. The van der Waals surface area contributed by atoms with Crippen molar-refractivity contribution in [2.45, 2.75) is 13.8 Å². The molecule has 0 atom stereocenters. The molecule has 1 aromatic carbocycles. The van der Waals surface area contributed by atoms with Crippen LogP contribution >= 0.6 is 12.4 Å². The Morgan fingerprint density at radius 1 is 1.27 bits per heavy atom. The molecule has 9 heteroatoms. The average molecular weight is 380 g/mol. The van der Waals surface area contributed by atoms with Crippen LogP contribution in [0.2, 0.25) is 0 Å². The van der Waals surface area contributed by atoms with Crippen molar-refractivity contribution in [3.63, 3.8) is 0 Å². The molecule has 0 aliphatic rings. The third-order valence-electron chi connectivity index (χ3n) is 3.74. The van der Waals surface area contributed by atoms with Gasteiger partial charge in [-0.15, -0.1) is 12.4 Å². The van der Waals surface area contributed by atoms with E-state index in [0.717, 1.165) is 27.8 Å². The topological polar surface area (TPSA) is 123 Å². The van der Waals surface area contributed by atoms with Crippen LogP contribution in [-0.2, 0) is 11.8 Å². The van der Waals surface area contributed by atoms with Gasteiger partial charge in [-0.2, -0.15) is 0 Å². The Bertz CT molecular complexity index is 968. The second-order valence-electron chi connectivity index (χ2n) is 5.68. The van der Waals surface area contributed by atoms with E-state index in [9.17, 15) is 9.59 Å². The minimum absolute atomic E-state index is 0. The number of carboxylic acids is 1. The molecule has 0 aliphatic heterocycles. The maximum absolute atomic E-state index is 11.6. The van der Waals surface area contributed by atoms with Gasteiger partial charge in [-0.1, -0.05) is 11.6 Å². The zero-order valence-electron chi connectivity index (χ0n) is 15.0. The summed E-state index contributed by atoms with van der Waals surface area (Å²) >= 11 is 0. The minimum Gasteiger partial charge on any atom is -0.480 e. The summed E-state index contributed by atoms with van der Waals surface area (Å²) in [5.41, 5.74) is 9.02. The number of benzene rings is 1. The van der Waals surface area contributed by atoms with Crippen molar-refractivity contribution in [1.29, 1.82) is 0 Å². The number of fused-ring (bicyclic) bond motifs is 3. The Morgan fingerprint density at radius 3 is 2.42 bits per heavy atom. The number of primary amides is 1. The van der Waals surface area contributed by atoms with Gasteiger partial charge >= 0.3 is 5.97 Å². The van der Waals surface area contributed by atoms with Crippen LogP contribution < -0.4 is 11.1 Å². The molecule has 0 radical (unpaired) electrons. The summed E-state index contributed by atoms with van der Waals surface area (Å²) < 4.78 is 1.96. The number of halogens is 1. The summed E-state index contributed by atoms with van der Waals surface area (Å²) in [4.78, 5) is 29.9. The number of carbonyl (C=O) groups excluding carboxylic acids is 1. The smallest absolute Gasteiger partial charge is 0.317 e. The number of hydrogen-bond donors (Lipinski definition) is 3. The summed E-state index contributed by atoms with van der Waals surface area (Å²) in [6.45, 7) is 3.96. The van der Waals surface area contributed by atoms with Crippen LogP contribution in [0.1, 0.15) is 21.9 Å². The van der Waals surface area contributed by atoms with Crippen molar-refractivity contribution in [3.05, 3.63) is 35.3 Å². The molecule has 2 aromatic heterocycles. The number of rotatable bonds is 3. The normalized spacial score (nSPS) is 10.2.